The Bertz CT molecular complexity index is 1030. The van der Waals surface area contributed by atoms with Crippen molar-refractivity contribution in [1.82, 2.24) is 10.2 Å². The van der Waals surface area contributed by atoms with Gasteiger partial charge in [-0.3, -0.25) is 9.59 Å². The van der Waals surface area contributed by atoms with Crippen LogP contribution in [-0.4, -0.2) is 50.6 Å². The van der Waals surface area contributed by atoms with Crippen molar-refractivity contribution < 1.29 is 23.5 Å². The highest BCUT2D eigenvalue weighted by Gasteiger charge is 2.26. The van der Waals surface area contributed by atoms with Crippen LogP contribution in [0.3, 0.4) is 0 Å². The van der Waals surface area contributed by atoms with Crippen LogP contribution in [0, 0.1) is 5.92 Å². The molecule has 0 spiro atoms. The number of fused-ring (bicyclic) bond motifs is 1. The lowest BCUT2D eigenvalue weighted by Crippen LogP contribution is -2.41. The van der Waals surface area contributed by atoms with Crippen LogP contribution in [0.2, 0.25) is 0 Å². The maximum atomic E-state index is 12.8. The van der Waals surface area contributed by atoms with Crippen LogP contribution in [-0.2, 0) is 0 Å². The molecule has 1 N–H and O–H groups in total. The largest absolute Gasteiger partial charge is 0.496 e. The van der Waals surface area contributed by atoms with Crippen LogP contribution < -0.4 is 14.8 Å². The van der Waals surface area contributed by atoms with Gasteiger partial charge in [0, 0.05) is 25.0 Å². The van der Waals surface area contributed by atoms with Crippen molar-refractivity contribution >= 4 is 22.8 Å². The standard InChI is InChI=1S/C24H26N2O5/c1-29-19-8-5-9-20(30-2)22(19)23(27)25-15-16-10-12-26(13-11-16)24(28)21-14-17-6-3-4-7-18(17)31-21/h3-9,14,16H,10-13,15H2,1-2H3,(H,25,27). The molecule has 2 amide bonds. The molecule has 1 saturated heterocycles. The number of likely N-dealkylation sites (tertiary alicyclic amines) is 1. The second kappa shape index (κ2) is 9.12. The molecule has 0 atom stereocenters. The van der Waals surface area contributed by atoms with E-state index in [4.69, 9.17) is 13.9 Å². The Morgan fingerprint density at radius 1 is 1.03 bits per heavy atom. The van der Waals surface area contributed by atoms with E-state index < -0.39 is 0 Å². The van der Waals surface area contributed by atoms with Gasteiger partial charge in [0.1, 0.15) is 22.6 Å². The van der Waals surface area contributed by atoms with Gasteiger partial charge in [-0.2, -0.15) is 0 Å². The smallest absolute Gasteiger partial charge is 0.289 e. The van der Waals surface area contributed by atoms with Gasteiger partial charge in [-0.15, -0.1) is 0 Å². The number of nitrogens with zero attached hydrogens (tertiary/aromatic N) is 1. The zero-order valence-electron chi connectivity index (χ0n) is 17.7. The zero-order valence-corrected chi connectivity index (χ0v) is 17.7. The Morgan fingerprint density at radius 2 is 1.71 bits per heavy atom. The predicted molar refractivity (Wildman–Crippen MR) is 117 cm³/mol. The quantitative estimate of drug-likeness (QED) is 0.655. The molecule has 0 aliphatic carbocycles. The molecule has 31 heavy (non-hydrogen) atoms. The van der Waals surface area contributed by atoms with Crippen molar-refractivity contribution in [3.8, 4) is 11.5 Å². The van der Waals surface area contributed by atoms with Crippen molar-refractivity contribution in [2.75, 3.05) is 33.9 Å². The summed E-state index contributed by atoms with van der Waals surface area (Å²) >= 11 is 0. The fourth-order valence-corrected chi connectivity index (χ4v) is 3.98. The van der Waals surface area contributed by atoms with E-state index in [-0.39, 0.29) is 11.8 Å². The number of carbonyl (C=O) groups excluding carboxylic acids is 2. The highest BCUT2D eigenvalue weighted by molar-refractivity contribution is 5.99. The number of piperidine rings is 1. The molecular weight excluding hydrogens is 396 g/mol. The van der Waals surface area contributed by atoms with Crippen LogP contribution in [0.5, 0.6) is 11.5 Å². The fraction of sp³-hybridized carbons (Fsp3) is 0.333. The number of para-hydroxylation sites is 1. The van der Waals surface area contributed by atoms with E-state index in [9.17, 15) is 9.59 Å². The molecule has 7 heteroatoms. The Kier molecular flexibility index (Phi) is 6.11. The van der Waals surface area contributed by atoms with Gasteiger partial charge in [0.25, 0.3) is 11.8 Å². The Hall–Kier alpha value is -3.48. The van der Waals surface area contributed by atoms with Crippen molar-refractivity contribution in [2.45, 2.75) is 12.8 Å². The topological polar surface area (TPSA) is 81.0 Å². The summed E-state index contributed by atoms with van der Waals surface area (Å²) in [7, 11) is 3.06. The lowest BCUT2D eigenvalue weighted by Gasteiger charge is -2.31. The van der Waals surface area contributed by atoms with Crippen molar-refractivity contribution in [2.24, 2.45) is 5.92 Å². The van der Waals surface area contributed by atoms with E-state index in [2.05, 4.69) is 5.32 Å². The number of hydrogen-bond donors (Lipinski definition) is 1. The van der Waals surface area contributed by atoms with E-state index in [0.29, 0.717) is 48.4 Å². The second-order valence-electron chi connectivity index (χ2n) is 7.63. The van der Waals surface area contributed by atoms with Crippen LogP contribution in [0.15, 0.2) is 52.9 Å². The van der Waals surface area contributed by atoms with Gasteiger partial charge in [-0.1, -0.05) is 24.3 Å². The van der Waals surface area contributed by atoms with E-state index >= 15 is 0 Å². The summed E-state index contributed by atoms with van der Waals surface area (Å²) in [5, 5.41) is 3.92. The molecule has 1 fully saturated rings. The predicted octanol–water partition coefficient (Wildman–Crippen LogP) is 3.73. The molecule has 0 radical (unpaired) electrons. The number of ether oxygens (including phenoxy) is 2. The summed E-state index contributed by atoms with van der Waals surface area (Å²) in [6.07, 6.45) is 1.63. The summed E-state index contributed by atoms with van der Waals surface area (Å²) in [5.41, 5.74) is 1.11. The first-order valence-electron chi connectivity index (χ1n) is 10.4. The van der Waals surface area contributed by atoms with Crippen LogP contribution >= 0.6 is 0 Å². The molecule has 0 bridgehead atoms. The van der Waals surface area contributed by atoms with Crippen molar-refractivity contribution in [1.29, 1.82) is 0 Å². The Balaban J connectivity index is 1.32. The van der Waals surface area contributed by atoms with Crippen LogP contribution in [0.25, 0.3) is 11.0 Å². The molecule has 2 heterocycles. The third kappa shape index (κ3) is 4.35. The SMILES string of the molecule is COc1cccc(OC)c1C(=O)NCC1CCN(C(=O)c2cc3ccccc3o2)CC1. The number of hydrogen-bond acceptors (Lipinski definition) is 5. The number of furan rings is 1. The minimum atomic E-state index is -0.227. The number of amides is 2. The minimum Gasteiger partial charge on any atom is -0.496 e. The number of nitrogens with one attached hydrogen (secondary N) is 1. The lowest BCUT2D eigenvalue weighted by molar-refractivity contribution is 0.0655. The Morgan fingerprint density at radius 3 is 2.35 bits per heavy atom. The van der Waals surface area contributed by atoms with Gasteiger partial charge in [0.15, 0.2) is 5.76 Å². The average molecular weight is 422 g/mol. The third-order valence-electron chi connectivity index (χ3n) is 5.74. The first-order chi connectivity index (χ1) is 15.1. The second-order valence-corrected chi connectivity index (χ2v) is 7.63. The van der Waals surface area contributed by atoms with Gasteiger partial charge < -0.3 is 24.1 Å². The van der Waals surface area contributed by atoms with Gasteiger partial charge in [0.05, 0.1) is 14.2 Å². The maximum Gasteiger partial charge on any atom is 0.289 e. The molecule has 162 valence electrons. The van der Waals surface area contributed by atoms with E-state index in [1.807, 2.05) is 29.2 Å². The molecule has 2 aromatic carbocycles. The molecule has 7 nitrogen and oxygen atoms in total. The van der Waals surface area contributed by atoms with Gasteiger partial charge in [-0.05, 0) is 43.0 Å². The summed E-state index contributed by atoms with van der Waals surface area (Å²) in [5.74, 6) is 1.30. The van der Waals surface area contributed by atoms with Crippen LogP contribution in [0.1, 0.15) is 33.8 Å². The zero-order chi connectivity index (χ0) is 21.8. The lowest BCUT2D eigenvalue weighted by atomic mass is 9.96. The maximum absolute atomic E-state index is 12.8. The van der Waals surface area contributed by atoms with Gasteiger partial charge >= 0.3 is 0 Å². The Labute approximate surface area is 180 Å². The number of benzene rings is 2. The van der Waals surface area contributed by atoms with E-state index in [0.717, 1.165) is 23.8 Å². The summed E-state index contributed by atoms with van der Waals surface area (Å²) in [4.78, 5) is 27.4. The molecule has 1 aliphatic rings. The first-order valence-corrected chi connectivity index (χ1v) is 10.4. The summed E-state index contributed by atoms with van der Waals surface area (Å²) < 4.78 is 16.3. The van der Waals surface area contributed by atoms with Gasteiger partial charge in [0.2, 0.25) is 0 Å². The first kappa shape index (κ1) is 20.8. The number of carbonyl (C=O) groups is 2. The van der Waals surface area contributed by atoms with E-state index in [1.165, 1.54) is 14.2 Å². The average Bonchev–Trinajstić information content (AvgIpc) is 3.26. The monoisotopic (exact) mass is 422 g/mol. The molecular formula is C24H26N2O5. The molecule has 3 aromatic rings. The summed E-state index contributed by atoms with van der Waals surface area (Å²) in [6.45, 7) is 1.80. The highest BCUT2D eigenvalue weighted by atomic mass is 16.5. The molecule has 1 aliphatic heterocycles. The summed E-state index contributed by atoms with van der Waals surface area (Å²) in [6, 6.07) is 14.7. The van der Waals surface area contributed by atoms with E-state index in [1.54, 1.807) is 24.3 Å². The van der Waals surface area contributed by atoms with Crippen molar-refractivity contribution in [3.63, 3.8) is 0 Å². The third-order valence-corrected chi connectivity index (χ3v) is 5.74. The van der Waals surface area contributed by atoms with Gasteiger partial charge in [-0.25, -0.2) is 0 Å². The molecule has 1 aromatic heterocycles. The number of rotatable bonds is 6. The molecule has 0 saturated carbocycles. The minimum absolute atomic E-state index is 0.0857. The fourth-order valence-electron chi connectivity index (χ4n) is 3.98. The van der Waals surface area contributed by atoms with Crippen molar-refractivity contribution in [3.05, 3.63) is 59.9 Å². The highest BCUT2D eigenvalue weighted by Crippen LogP contribution is 2.28. The van der Waals surface area contributed by atoms with Crippen LogP contribution in [0.4, 0.5) is 0 Å². The normalized spacial score (nSPS) is 14.5. The molecule has 0 unspecified atom stereocenters. The number of methoxy groups -OCH3 is 2. The molecule has 4 rings (SSSR count).